The Balaban J connectivity index is 1.67. The molecule has 0 fully saturated rings. The highest BCUT2D eigenvalue weighted by molar-refractivity contribution is 7.11. The first kappa shape index (κ1) is 18.6. The van der Waals surface area contributed by atoms with Crippen molar-refractivity contribution in [2.45, 2.75) is 27.3 Å². The minimum absolute atomic E-state index is 0.300. The number of nitrogens with one attached hydrogen (secondary N) is 1. The zero-order valence-corrected chi connectivity index (χ0v) is 17.2. The molecule has 0 atom stereocenters. The maximum absolute atomic E-state index is 12.7. The van der Waals surface area contributed by atoms with Crippen molar-refractivity contribution in [1.29, 1.82) is 0 Å². The molecule has 0 radical (unpaired) electrons. The average molecular weight is 412 g/mol. The Kier molecular flexibility index (Phi) is 4.87. The van der Waals surface area contributed by atoms with E-state index in [2.05, 4.69) is 20.4 Å². The summed E-state index contributed by atoms with van der Waals surface area (Å²) in [6, 6.07) is 7.58. The van der Waals surface area contributed by atoms with E-state index in [4.69, 9.17) is 11.6 Å². The lowest BCUT2D eigenvalue weighted by atomic mass is 10.2. The van der Waals surface area contributed by atoms with Gasteiger partial charge in [-0.15, -0.1) is 11.3 Å². The van der Waals surface area contributed by atoms with Crippen LogP contribution in [0.25, 0.3) is 11.0 Å². The Morgan fingerprint density at radius 2 is 1.89 bits per heavy atom. The zero-order valence-electron chi connectivity index (χ0n) is 15.7. The fraction of sp³-hybridized carbons (Fsp3) is 0.200. The number of fused-ring (bicyclic) bond motifs is 1. The molecule has 0 bridgehead atoms. The highest BCUT2D eigenvalue weighted by Crippen LogP contribution is 2.29. The summed E-state index contributed by atoms with van der Waals surface area (Å²) in [6.07, 6.45) is 3.34. The molecule has 28 heavy (non-hydrogen) atoms. The number of rotatable bonds is 4. The van der Waals surface area contributed by atoms with Crippen molar-refractivity contribution in [3.05, 3.63) is 68.4 Å². The van der Waals surface area contributed by atoms with Crippen molar-refractivity contribution in [2.24, 2.45) is 0 Å². The molecule has 0 saturated carbocycles. The van der Waals surface area contributed by atoms with Crippen LogP contribution in [-0.2, 0) is 6.54 Å². The number of aryl methyl sites for hydroxylation is 3. The van der Waals surface area contributed by atoms with Gasteiger partial charge < -0.3 is 5.32 Å². The number of benzene rings is 1. The molecular formula is C20H18ClN5OS. The molecule has 8 heteroatoms. The van der Waals surface area contributed by atoms with Crippen LogP contribution in [0.5, 0.6) is 0 Å². The van der Waals surface area contributed by atoms with Gasteiger partial charge in [-0.25, -0.2) is 14.6 Å². The van der Waals surface area contributed by atoms with E-state index in [1.165, 1.54) is 6.20 Å². The second kappa shape index (κ2) is 7.33. The lowest BCUT2D eigenvalue weighted by molar-refractivity contribution is 0.102. The number of hydrogen-bond acceptors (Lipinski definition) is 5. The molecule has 3 heterocycles. The van der Waals surface area contributed by atoms with Crippen LogP contribution in [0, 0.1) is 20.8 Å². The summed E-state index contributed by atoms with van der Waals surface area (Å²) in [6.45, 7) is 6.39. The topological polar surface area (TPSA) is 72.7 Å². The quantitative estimate of drug-likeness (QED) is 0.525. The first-order valence-corrected chi connectivity index (χ1v) is 9.93. The van der Waals surface area contributed by atoms with Gasteiger partial charge in [0.05, 0.1) is 28.2 Å². The van der Waals surface area contributed by atoms with E-state index in [-0.39, 0.29) is 5.91 Å². The number of amides is 1. The van der Waals surface area contributed by atoms with E-state index in [0.29, 0.717) is 33.9 Å². The van der Waals surface area contributed by atoms with Gasteiger partial charge in [0.15, 0.2) is 5.65 Å². The van der Waals surface area contributed by atoms with E-state index in [1.807, 2.05) is 51.2 Å². The maximum atomic E-state index is 12.7. The van der Waals surface area contributed by atoms with Crippen molar-refractivity contribution < 1.29 is 4.79 Å². The van der Waals surface area contributed by atoms with Crippen molar-refractivity contribution in [3.63, 3.8) is 0 Å². The van der Waals surface area contributed by atoms with Crippen LogP contribution in [-0.4, -0.2) is 25.7 Å². The molecule has 142 valence electrons. The van der Waals surface area contributed by atoms with Gasteiger partial charge in [-0.1, -0.05) is 29.3 Å². The third-order valence-electron chi connectivity index (χ3n) is 4.38. The van der Waals surface area contributed by atoms with Gasteiger partial charge in [0.1, 0.15) is 5.01 Å². The Morgan fingerprint density at radius 1 is 1.14 bits per heavy atom. The second-order valence-corrected chi connectivity index (χ2v) is 8.31. The smallest absolute Gasteiger partial charge is 0.258 e. The number of nitrogens with zero attached hydrogens (tertiary/aromatic N) is 4. The number of anilines is 1. The second-order valence-electron chi connectivity index (χ2n) is 6.61. The number of carbonyl (C=O) groups excluding carboxylic acids is 1. The Hall–Kier alpha value is -2.77. The van der Waals surface area contributed by atoms with Crippen LogP contribution >= 0.6 is 22.9 Å². The summed E-state index contributed by atoms with van der Waals surface area (Å²) in [4.78, 5) is 22.7. The van der Waals surface area contributed by atoms with Crippen molar-refractivity contribution in [1.82, 2.24) is 19.7 Å². The summed E-state index contributed by atoms with van der Waals surface area (Å²) in [5, 5.41) is 9.40. The zero-order chi connectivity index (χ0) is 19.8. The summed E-state index contributed by atoms with van der Waals surface area (Å²) >= 11 is 8.20. The van der Waals surface area contributed by atoms with Gasteiger partial charge in [-0.2, -0.15) is 5.10 Å². The normalized spacial score (nSPS) is 11.1. The van der Waals surface area contributed by atoms with Crippen LogP contribution in [0.15, 0.2) is 36.7 Å². The third-order valence-corrected chi connectivity index (χ3v) is 5.67. The van der Waals surface area contributed by atoms with Crippen LogP contribution in [0.1, 0.15) is 31.5 Å². The Morgan fingerprint density at radius 3 is 2.57 bits per heavy atom. The molecule has 4 aromatic rings. The molecule has 1 N–H and O–H groups in total. The molecule has 0 aliphatic heterocycles. The summed E-state index contributed by atoms with van der Waals surface area (Å²) in [5.41, 5.74) is 3.52. The van der Waals surface area contributed by atoms with E-state index in [1.54, 1.807) is 16.0 Å². The first-order valence-electron chi connectivity index (χ1n) is 8.73. The van der Waals surface area contributed by atoms with Gasteiger partial charge in [-0.05, 0) is 32.9 Å². The summed E-state index contributed by atoms with van der Waals surface area (Å²) in [5.74, 6) is -0.300. The average Bonchev–Trinajstić information content (AvgIpc) is 3.21. The van der Waals surface area contributed by atoms with Gasteiger partial charge in [0.25, 0.3) is 5.91 Å². The number of halogens is 1. The number of pyridine rings is 1. The molecule has 1 amide bonds. The molecule has 0 saturated heterocycles. The summed E-state index contributed by atoms with van der Waals surface area (Å²) < 4.78 is 1.77. The standard InChI is InChI=1S/C20H18ClN5OS/c1-11-4-6-14(7-5-11)24-20(27)15-9-23-19-17(18(15)21)13(3)25-26(19)10-16-22-8-12(2)28-16/h4-9H,10H2,1-3H3,(H,24,27). The van der Waals surface area contributed by atoms with Crippen molar-refractivity contribution in [3.8, 4) is 0 Å². The summed E-state index contributed by atoms with van der Waals surface area (Å²) in [7, 11) is 0. The van der Waals surface area contributed by atoms with Crippen LogP contribution < -0.4 is 5.32 Å². The minimum Gasteiger partial charge on any atom is -0.322 e. The molecule has 6 nitrogen and oxygen atoms in total. The largest absolute Gasteiger partial charge is 0.322 e. The van der Waals surface area contributed by atoms with Crippen molar-refractivity contribution >= 4 is 45.6 Å². The molecule has 0 spiro atoms. The van der Waals surface area contributed by atoms with Gasteiger partial charge in [-0.3, -0.25) is 4.79 Å². The molecular weight excluding hydrogens is 394 g/mol. The molecule has 3 aromatic heterocycles. The lowest BCUT2D eigenvalue weighted by Gasteiger charge is -2.08. The van der Waals surface area contributed by atoms with Gasteiger partial charge in [0.2, 0.25) is 0 Å². The van der Waals surface area contributed by atoms with Crippen LogP contribution in [0.2, 0.25) is 5.02 Å². The Bertz CT molecular complexity index is 1180. The monoisotopic (exact) mass is 411 g/mol. The van der Waals surface area contributed by atoms with Gasteiger partial charge in [0, 0.05) is 23.0 Å². The SMILES string of the molecule is Cc1ccc(NC(=O)c2cnc3c(c(C)nn3Cc3ncc(C)s3)c2Cl)cc1. The molecule has 0 aliphatic rings. The number of aromatic nitrogens is 4. The minimum atomic E-state index is -0.300. The molecule has 0 unspecified atom stereocenters. The molecule has 4 rings (SSSR count). The maximum Gasteiger partial charge on any atom is 0.258 e. The number of carbonyl (C=O) groups is 1. The number of hydrogen-bond donors (Lipinski definition) is 1. The molecule has 0 aliphatic carbocycles. The fourth-order valence-corrected chi connectivity index (χ4v) is 4.11. The van der Waals surface area contributed by atoms with Crippen LogP contribution in [0.4, 0.5) is 5.69 Å². The van der Waals surface area contributed by atoms with Crippen molar-refractivity contribution in [2.75, 3.05) is 5.32 Å². The fourth-order valence-electron chi connectivity index (χ4n) is 2.98. The predicted molar refractivity (Wildman–Crippen MR) is 112 cm³/mol. The van der Waals surface area contributed by atoms with Crippen LogP contribution in [0.3, 0.4) is 0 Å². The third kappa shape index (κ3) is 3.50. The van der Waals surface area contributed by atoms with E-state index >= 15 is 0 Å². The first-order chi connectivity index (χ1) is 13.4. The highest BCUT2D eigenvalue weighted by Gasteiger charge is 2.20. The van der Waals surface area contributed by atoms with E-state index in [0.717, 1.165) is 21.1 Å². The number of thiazole rings is 1. The Labute approximate surface area is 171 Å². The van der Waals surface area contributed by atoms with E-state index < -0.39 is 0 Å². The lowest BCUT2D eigenvalue weighted by Crippen LogP contribution is -2.13. The highest BCUT2D eigenvalue weighted by atomic mass is 35.5. The predicted octanol–water partition coefficient (Wildman–Crippen LogP) is 4.77. The molecule has 1 aromatic carbocycles. The van der Waals surface area contributed by atoms with Gasteiger partial charge >= 0.3 is 0 Å². The van der Waals surface area contributed by atoms with E-state index in [9.17, 15) is 4.79 Å².